The van der Waals surface area contributed by atoms with Gasteiger partial charge in [-0.25, -0.2) is 17.5 Å². The molecule has 7 heteroatoms. The summed E-state index contributed by atoms with van der Waals surface area (Å²) in [6.07, 6.45) is 2.10. The Kier molecular flexibility index (Phi) is 3.48. The fourth-order valence-corrected chi connectivity index (χ4v) is 4.64. The maximum Gasteiger partial charge on any atom is 0.347 e. The van der Waals surface area contributed by atoms with Gasteiger partial charge < -0.3 is 5.11 Å². The number of carbonyl (C=O) groups is 1. The van der Waals surface area contributed by atoms with E-state index in [9.17, 15) is 13.2 Å². The zero-order valence-electron chi connectivity index (χ0n) is 10.2. The average molecular weight is 289 g/mol. The van der Waals surface area contributed by atoms with E-state index in [0.717, 1.165) is 24.2 Å². The van der Waals surface area contributed by atoms with Gasteiger partial charge in [-0.15, -0.1) is 11.3 Å². The van der Waals surface area contributed by atoms with Gasteiger partial charge in [-0.2, -0.15) is 0 Å². The molecule has 0 atom stereocenters. The molecule has 1 saturated carbocycles. The standard InChI is InChI=1S/C11H15NO4S2/c1-7-6-17-9(11(13)14)10(7)18(15,16)12(2)5-8-3-4-8/h6,8H,3-5H2,1-2H3,(H,13,14). The summed E-state index contributed by atoms with van der Waals surface area (Å²) in [6.45, 7) is 2.09. The minimum Gasteiger partial charge on any atom is -0.477 e. The van der Waals surface area contributed by atoms with Crippen LogP contribution in [0.4, 0.5) is 0 Å². The Labute approximate surface area is 110 Å². The Bertz CT molecular complexity index is 572. The van der Waals surface area contributed by atoms with E-state index in [1.807, 2.05) is 0 Å². The van der Waals surface area contributed by atoms with Crippen LogP contribution in [0.3, 0.4) is 0 Å². The van der Waals surface area contributed by atoms with Crippen LogP contribution >= 0.6 is 11.3 Å². The summed E-state index contributed by atoms with van der Waals surface area (Å²) in [5.41, 5.74) is 0.500. The highest BCUT2D eigenvalue weighted by atomic mass is 32.2. The Hall–Kier alpha value is -0.920. The number of carboxylic acid groups (broad SMARTS) is 1. The number of hydrogen-bond donors (Lipinski definition) is 1. The van der Waals surface area contributed by atoms with E-state index in [4.69, 9.17) is 5.11 Å². The summed E-state index contributed by atoms with van der Waals surface area (Å²) in [4.78, 5) is 10.9. The number of thiophene rings is 1. The van der Waals surface area contributed by atoms with Gasteiger partial charge in [-0.05, 0) is 36.6 Å². The van der Waals surface area contributed by atoms with Crippen LogP contribution in [0.5, 0.6) is 0 Å². The zero-order chi connectivity index (χ0) is 13.5. The monoisotopic (exact) mass is 289 g/mol. The van der Waals surface area contributed by atoms with E-state index in [-0.39, 0.29) is 9.77 Å². The van der Waals surface area contributed by atoms with Crippen LogP contribution in [0.25, 0.3) is 0 Å². The second-order valence-corrected chi connectivity index (χ2v) is 7.47. The van der Waals surface area contributed by atoms with Gasteiger partial charge in [0, 0.05) is 13.6 Å². The lowest BCUT2D eigenvalue weighted by Crippen LogP contribution is -2.30. The molecule has 2 rings (SSSR count). The van der Waals surface area contributed by atoms with E-state index in [1.54, 1.807) is 12.3 Å². The summed E-state index contributed by atoms with van der Waals surface area (Å²) >= 11 is 0.958. The van der Waals surface area contributed by atoms with Crippen molar-refractivity contribution in [2.75, 3.05) is 13.6 Å². The summed E-state index contributed by atoms with van der Waals surface area (Å²) in [6, 6.07) is 0. The van der Waals surface area contributed by atoms with Crippen LogP contribution in [-0.2, 0) is 10.0 Å². The van der Waals surface area contributed by atoms with Crippen molar-refractivity contribution in [3.8, 4) is 0 Å². The highest BCUT2D eigenvalue weighted by Gasteiger charge is 2.33. The highest BCUT2D eigenvalue weighted by molar-refractivity contribution is 7.89. The molecule has 0 aliphatic heterocycles. The van der Waals surface area contributed by atoms with Crippen molar-refractivity contribution in [1.82, 2.24) is 4.31 Å². The Balaban J connectivity index is 2.39. The molecular formula is C11H15NO4S2. The van der Waals surface area contributed by atoms with Crippen LogP contribution < -0.4 is 0 Å². The predicted molar refractivity (Wildman–Crippen MR) is 68.6 cm³/mol. The summed E-state index contributed by atoms with van der Waals surface area (Å²) < 4.78 is 26.0. The molecule has 0 unspecified atom stereocenters. The third-order valence-electron chi connectivity index (χ3n) is 2.99. The van der Waals surface area contributed by atoms with Gasteiger partial charge in [0.1, 0.15) is 9.77 Å². The Morgan fingerprint density at radius 1 is 1.56 bits per heavy atom. The van der Waals surface area contributed by atoms with Gasteiger partial charge in [0.2, 0.25) is 10.0 Å². The van der Waals surface area contributed by atoms with Crippen LogP contribution in [0.15, 0.2) is 10.3 Å². The van der Waals surface area contributed by atoms with E-state index in [2.05, 4.69) is 0 Å². The maximum atomic E-state index is 12.4. The summed E-state index contributed by atoms with van der Waals surface area (Å²) in [5, 5.41) is 10.6. The van der Waals surface area contributed by atoms with Crippen molar-refractivity contribution in [1.29, 1.82) is 0 Å². The first-order chi connectivity index (χ1) is 8.34. The molecular weight excluding hydrogens is 274 g/mol. The fraction of sp³-hybridized carbons (Fsp3) is 0.545. The molecule has 1 heterocycles. The first-order valence-electron chi connectivity index (χ1n) is 5.61. The molecule has 1 aromatic heterocycles. The third kappa shape index (κ3) is 2.43. The smallest absolute Gasteiger partial charge is 0.347 e. The van der Waals surface area contributed by atoms with Crippen LogP contribution in [-0.4, -0.2) is 37.4 Å². The van der Waals surface area contributed by atoms with E-state index in [1.165, 1.54) is 11.4 Å². The van der Waals surface area contributed by atoms with E-state index < -0.39 is 16.0 Å². The molecule has 0 bridgehead atoms. The predicted octanol–water partition coefficient (Wildman–Crippen LogP) is 1.79. The molecule has 18 heavy (non-hydrogen) atoms. The number of rotatable bonds is 5. The van der Waals surface area contributed by atoms with Crippen molar-refractivity contribution in [2.45, 2.75) is 24.7 Å². The fourth-order valence-electron chi connectivity index (χ4n) is 1.82. The second kappa shape index (κ2) is 4.64. The number of sulfonamides is 1. The lowest BCUT2D eigenvalue weighted by atomic mass is 10.3. The number of nitrogens with zero attached hydrogens (tertiary/aromatic N) is 1. The lowest BCUT2D eigenvalue weighted by molar-refractivity contribution is 0.0698. The minimum atomic E-state index is -3.69. The molecule has 0 spiro atoms. The normalized spacial score (nSPS) is 16.2. The molecule has 0 saturated heterocycles. The molecule has 5 nitrogen and oxygen atoms in total. The van der Waals surface area contributed by atoms with Gasteiger partial charge in [0.15, 0.2) is 0 Å². The molecule has 1 aliphatic carbocycles. The highest BCUT2D eigenvalue weighted by Crippen LogP contribution is 2.33. The number of aromatic carboxylic acids is 1. The van der Waals surface area contributed by atoms with Crippen molar-refractivity contribution in [2.24, 2.45) is 5.92 Å². The first kappa shape index (κ1) is 13.5. The maximum absolute atomic E-state index is 12.4. The van der Waals surface area contributed by atoms with Crippen LogP contribution in [0.2, 0.25) is 0 Å². The van der Waals surface area contributed by atoms with Crippen LogP contribution in [0.1, 0.15) is 28.1 Å². The van der Waals surface area contributed by atoms with Gasteiger partial charge >= 0.3 is 5.97 Å². The van der Waals surface area contributed by atoms with Crippen LogP contribution in [0, 0.1) is 12.8 Å². The summed E-state index contributed by atoms with van der Waals surface area (Å²) in [5.74, 6) is -0.761. The molecule has 1 aliphatic rings. The van der Waals surface area contributed by atoms with Crippen molar-refractivity contribution in [3.63, 3.8) is 0 Å². The van der Waals surface area contributed by atoms with Gasteiger partial charge in [-0.3, -0.25) is 0 Å². The van der Waals surface area contributed by atoms with Gasteiger partial charge in [0.25, 0.3) is 0 Å². The van der Waals surface area contributed by atoms with Crippen molar-refractivity contribution >= 4 is 27.3 Å². The molecule has 0 amide bonds. The summed E-state index contributed by atoms with van der Waals surface area (Å²) in [7, 11) is -2.18. The largest absolute Gasteiger partial charge is 0.477 e. The molecule has 1 aromatic rings. The number of hydrogen-bond acceptors (Lipinski definition) is 4. The van der Waals surface area contributed by atoms with Crippen molar-refractivity contribution < 1.29 is 18.3 Å². The number of carboxylic acids is 1. The Morgan fingerprint density at radius 2 is 2.17 bits per heavy atom. The molecule has 0 radical (unpaired) electrons. The van der Waals surface area contributed by atoms with Gasteiger partial charge in [-0.1, -0.05) is 0 Å². The second-order valence-electron chi connectivity index (χ2n) is 4.61. The third-order valence-corrected chi connectivity index (χ3v) is 6.22. The topological polar surface area (TPSA) is 74.7 Å². The zero-order valence-corrected chi connectivity index (χ0v) is 11.8. The minimum absolute atomic E-state index is 0.0526. The quantitative estimate of drug-likeness (QED) is 0.896. The van der Waals surface area contributed by atoms with Gasteiger partial charge in [0.05, 0.1) is 0 Å². The molecule has 1 fully saturated rings. The molecule has 0 aromatic carbocycles. The van der Waals surface area contributed by atoms with E-state index in [0.29, 0.717) is 18.0 Å². The SMILES string of the molecule is Cc1csc(C(=O)O)c1S(=O)(=O)N(C)CC1CC1. The Morgan fingerprint density at radius 3 is 2.67 bits per heavy atom. The molecule has 100 valence electrons. The van der Waals surface area contributed by atoms with Crippen molar-refractivity contribution in [3.05, 3.63) is 15.8 Å². The van der Waals surface area contributed by atoms with E-state index >= 15 is 0 Å². The number of aryl methyl sites for hydroxylation is 1. The first-order valence-corrected chi connectivity index (χ1v) is 7.93. The average Bonchev–Trinajstić information content (AvgIpc) is 2.98. The lowest BCUT2D eigenvalue weighted by Gasteiger charge is -2.17. The molecule has 1 N–H and O–H groups in total.